The number of halogens is 2. The van der Waals surface area contributed by atoms with Crippen molar-refractivity contribution in [2.45, 2.75) is 50.6 Å². The van der Waals surface area contributed by atoms with Crippen LogP contribution in [-0.4, -0.2) is 30.5 Å². The smallest absolute Gasteiger partial charge is 0.262 e. The molecule has 92 valence electrons. The van der Waals surface area contributed by atoms with E-state index < -0.39 is 12.0 Å². The fourth-order valence-electron chi connectivity index (χ4n) is 2.30. The van der Waals surface area contributed by atoms with Crippen molar-refractivity contribution < 1.29 is 13.6 Å². The summed E-state index contributed by atoms with van der Waals surface area (Å²) in [5.74, 6) is -2.43. The summed E-state index contributed by atoms with van der Waals surface area (Å²) in [6, 6.07) is -0.485. The molecule has 1 heterocycles. The van der Waals surface area contributed by atoms with Crippen LogP contribution < -0.4 is 10.6 Å². The minimum Gasteiger partial charge on any atom is -0.352 e. The third-order valence-electron chi connectivity index (χ3n) is 3.34. The molecular formula is C11H18F2N2O. The van der Waals surface area contributed by atoms with E-state index in [0.29, 0.717) is 5.92 Å². The van der Waals surface area contributed by atoms with Crippen LogP contribution in [0.1, 0.15) is 32.6 Å². The Morgan fingerprint density at radius 2 is 2.31 bits per heavy atom. The van der Waals surface area contributed by atoms with Crippen LogP contribution in [0.2, 0.25) is 0 Å². The minimum atomic E-state index is -2.73. The molecule has 1 saturated heterocycles. The van der Waals surface area contributed by atoms with E-state index in [1.165, 1.54) is 0 Å². The summed E-state index contributed by atoms with van der Waals surface area (Å²) < 4.78 is 25.7. The normalized spacial score (nSPS) is 36.1. The Labute approximate surface area is 94.0 Å². The second kappa shape index (κ2) is 4.28. The van der Waals surface area contributed by atoms with E-state index in [-0.39, 0.29) is 24.9 Å². The largest absolute Gasteiger partial charge is 0.352 e. The molecule has 0 bridgehead atoms. The molecule has 1 saturated carbocycles. The van der Waals surface area contributed by atoms with Crippen molar-refractivity contribution in [1.82, 2.24) is 10.6 Å². The Kier molecular flexibility index (Phi) is 3.15. The SMILES string of the molecule is CCCC1CC1NC(=O)C1CC(F)(F)CN1. The molecule has 1 amide bonds. The molecule has 3 atom stereocenters. The van der Waals surface area contributed by atoms with Crippen molar-refractivity contribution in [2.24, 2.45) is 5.92 Å². The minimum absolute atomic E-state index is 0.225. The van der Waals surface area contributed by atoms with E-state index in [0.717, 1.165) is 19.3 Å². The van der Waals surface area contributed by atoms with Gasteiger partial charge in [-0.2, -0.15) is 0 Å². The van der Waals surface area contributed by atoms with Crippen molar-refractivity contribution in [3.05, 3.63) is 0 Å². The van der Waals surface area contributed by atoms with Gasteiger partial charge < -0.3 is 5.32 Å². The number of carbonyl (C=O) groups is 1. The number of alkyl halides is 2. The molecule has 5 heteroatoms. The van der Waals surface area contributed by atoms with Crippen LogP contribution in [0.4, 0.5) is 8.78 Å². The molecule has 0 aromatic carbocycles. The third-order valence-corrected chi connectivity index (χ3v) is 3.34. The average molecular weight is 232 g/mol. The summed E-state index contributed by atoms with van der Waals surface area (Å²) in [6.45, 7) is 1.73. The highest BCUT2D eigenvalue weighted by Gasteiger charge is 2.44. The summed E-state index contributed by atoms with van der Waals surface area (Å²) >= 11 is 0. The van der Waals surface area contributed by atoms with Crippen LogP contribution in [0.5, 0.6) is 0 Å². The van der Waals surface area contributed by atoms with E-state index in [1.807, 2.05) is 0 Å². The highest BCUT2D eigenvalue weighted by atomic mass is 19.3. The van der Waals surface area contributed by atoms with Gasteiger partial charge in [0, 0.05) is 12.5 Å². The predicted octanol–water partition coefficient (Wildman–Crippen LogP) is 1.29. The van der Waals surface area contributed by atoms with Gasteiger partial charge in [0.15, 0.2) is 0 Å². The molecule has 3 nitrogen and oxygen atoms in total. The first-order valence-electron chi connectivity index (χ1n) is 5.93. The van der Waals surface area contributed by atoms with Crippen LogP contribution in [-0.2, 0) is 4.79 Å². The van der Waals surface area contributed by atoms with Crippen molar-refractivity contribution >= 4 is 5.91 Å². The maximum Gasteiger partial charge on any atom is 0.262 e. The van der Waals surface area contributed by atoms with Crippen molar-refractivity contribution in [2.75, 3.05) is 6.54 Å². The second-order valence-electron chi connectivity index (χ2n) is 4.89. The monoisotopic (exact) mass is 232 g/mol. The lowest BCUT2D eigenvalue weighted by Gasteiger charge is -2.10. The zero-order valence-corrected chi connectivity index (χ0v) is 9.43. The Hall–Kier alpha value is -0.710. The molecule has 0 aromatic rings. The van der Waals surface area contributed by atoms with Crippen molar-refractivity contribution in [3.63, 3.8) is 0 Å². The number of rotatable bonds is 4. The zero-order valence-electron chi connectivity index (χ0n) is 9.43. The maximum absolute atomic E-state index is 12.9. The lowest BCUT2D eigenvalue weighted by Crippen LogP contribution is -2.41. The van der Waals surface area contributed by atoms with Gasteiger partial charge in [-0.25, -0.2) is 8.78 Å². The summed E-state index contributed by atoms with van der Waals surface area (Å²) in [5.41, 5.74) is 0. The standard InChI is InChI=1S/C11H18F2N2O/c1-2-3-7-4-8(7)15-10(16)9-5-11(12,13)6-14-9/h7-9,14H,2-6H2,1H3,(H,15,16). The van der Waals surface area contributed by atoms with Gasteiger partial charge in [-0.15, -0.1) is 0 Å². The number of amides is 1. The first-order chi connectivity index (χ1) is 7.52. The van der Waals surface area contributed by atoms with Gasteiger partial charge in [-0.3, -0.25) is 10.1 Å². The molecule has 1 aliphatic carbocycles. The molecule has 0 aromatic heterocycles. The summed E-state index contributed by atoms with van der Waals surface area (Å²) in [5, 5.41) is 5.40. The Bertz CT molecular complexity index is 283. The van der Waals surface area contributed by atoms with Gasteiger partial charge in [-0.05, 0) is 18.8 Å². The van der Waals surface area contributed by atoms with Crippen LogP contribution >= 0.6 is 0 Å². The maximum atomic E-state index is 12.9. The van der Waals surface area contributed by atoms with E-state index in [9.17, 15) is 13.6 Å². The number of hydrogen-bond donors (Lipinski definition) is 2. The highest BCUT2D eigenvalue weighted by molar-refractivity contribution is 5.82. The van der Waals surface area contributed by atoms with E-state index >= 15 is 0 Å². The van der Waals surface area contributed by atoms with Gasteiger partial charge in [0.05, 0.1) is 12.6 Å². The molecule has 2 rings (SSSR count). The molecular weight excluding hydrogens is 214 g/mol. The Morgan fingerprint density at radius 3 is 2.88 bits per heavy atom. The second-order valence-corrected chi connectivity index (χ2v) is 4.89. The van der Waals surface area contributed by atoms with Gasteiger partial charge in [0.2, 0.25) is 5.91 Å². The quantitative estimate of drug-likeness (QED) is 0.767. The predicted molar refractivity (Wildman–Crippen MR) is 56.3 cm³/mol. The third kappa shape index (κ3) is 2.70. The summed E-state index contributed by atoms with van der Waals surface area (Å²) in [6.07, 6.45) is 2.85. The van der Waals surface area contributed by atoms with Crippen molar-refractivity contribution in [3.8, 4) is 0 Å². The number of carbonyl (C=O) groups excluding carboxylic acids is 1. The van der Waals surface area contributed by atoms with Gasteiger partial charge in [0.1, 0.15) is 0 Å². The van der Waals surface area contributed by atoms with Crippen LogP contribution in [0.25, 0.3) is 0 Å². The van der Waals surface area contributed by atoms with Crippen LogP contribution in [0, 0.1) is 5.92 Å². The molecule has 2 N–H and O–H groups in total. The van der Waals surface area contributed by atoms with Gasteiger partial charge in [0.25, 0.3) is 5.92 Å². The Morgan fingerprint density at radius 1 is 1.56 bits per heavy atom. The van der Waals surface area contributed by atoms with Gasteiger partial charge in [-0.1, -0.05) is 13.3 Å². The zero-order chi connectivity index (χ0) is 11.8. The van der Waals surface area contributed by atoms with E-state index in [2.05, 4.69) is 17.6 Å². The number of nitrogens with one attached hydrogen (secondary N) is 2. The fourth-order valence-corrected chi connectivity index (χ4v) is 2.30. The fraction of sp³-hybridized carbons (Fsp3) is 0.909. The first-order valence-corrected chi connectivity index (χ1v) is 5.93. The van der Waals surface area contributed by atoms with Crippen LogP contribution in [0.15, 0.2) is 0 Å². The average Bonchev–Trinajstić information content (AvgIpc) is 2.80. The molecule has 2 aliphatic rings. The summed E-state index contributed by atoms with van der Waals surface area (Å²) in [4.78, 5) is 11.6. The number of hydrogen-bond acceptors (Lipinski definition) is 2. The lowest BCUT2D eigenvalue weighted by atomic mass is 10.2. The molecule has 2 fully saturated rings. The molecule has 0 radical (unpaired) electrons. The molecule has 16 heavy (non-hydrogen) atoms. The molecule has 0 spiro atoms. The van der Waals surface area contributed by atoms with E-state index in [4.69, 9.17) is 0 Å². The molecule has 3 unspecified atom stereocenters. The summed E-state index contributed by atoms with van der Waals surface area (Å²) in [7, 11) is 0. The first kappa shape index (κ1) is 11.8. The van der Waals surface area contributed by atoms with Gasteiger partial charge >= 0.3 is 0 Å². The van der Waals surface area contributed by atoms with Crippen LogP contribution in [0.3, 0.4) is 0 Å². The molecule has 1 aliphatic heterocycles. The van der Waals surface area contributed by atoms with E-state index in [1.54, 1.807) is 0 Å². The lowest BCUT2D eigenvalue weighted by molar-refractivity contribution is -0.123. The topological polar surface area (TPSA) is 41.1 Å². The highest BCUT2D eigenvalue weighted by Crippen LogP contribution is 2.35. The Balaban J connectivity index is 1.74. The van der Waals surface area contributed by atoms with Crippen molar-refractivity contribution in [1.29, 1.82) is 0 Å².